The Hall–Kier alpha value is -0.240. The molecule has 3 fully saturated rings. The van der Waals surface area contributed by atoms with E-state index in [2.05, 4.69) is 0 Å². The van der Waals surface area contributed by atoms with Crippen molar-refractivity contribution in [2.45, 2.75) is 89.9 Å². The Balaban J connectivity index is 1.75. The molecule has 0 radical (unpaired) electrons. The lowest BCUT2D eigenvalue weighted by molar-refractivity contribution is -0.254. The van der Waals surface area contributed by atoms with Crippen LogP contribution in [0.5, 0.6) is 0 Å². The molecule has 3 saturated heterocycles. The maximum Gasteiger partial charge on any atom is 0.187 e. The van der Waals surface area contributed by atoms with E-state index in [0.29, 0.717) is 6.61 Å². The molecule has 3 aliphatic heterocycles. The first kappa shape index (κ1) is 15.6. The summed E-state index contributed by atoms with van der Waals surface area (Å²) >= 11 is 0. The summed E-state index contributed by atoms with van der Waals surface area (Å²) in [5, 5.41) is 0. The fourth-order valence-corrected chi connectivity index (χ4v) is 3.15. The van der Waals surface area contributed by atoms with E-state index >= 15 is 0 Å². The van der Waals surface area contributed by atoms with Gasteiger partial charge in [0.1, 0.15) is 24.4 Å². The van der Waals surface area contributed by atoms with E-state index in [0.717, 1.165) is 0 Å². The molecule has 6 heteroatoms. The summed E-state index contributed by atoms with van der Waals surface area (Å²) in [4.78, 5) is 0. The zero-order valence-electron chi connectivity index (χ0n) is 13.6. The van der Waals surface area contributed by atoms with E-state index in [1.54, 1.807) is 0 Å². The average Bonchev–Trinajstić information content (AvgIpc) is 2.91. The predicted molar refractivity (Wildman–Crippen MR) is 73.6 cm³/mol. The normalized spacial score (nSPS) is 44.4. The van der Waals surface area contributed by atoms with E-state index in [1.165, 1.54) is 0 Å². The maximum absolute atomic E-state index is 6.03. The molecule has 3 rings (SSSR count). The molecule has 0 saturated carbocycles. The lowest BCUT2D eigenvalue weighted by Gasteiger charge is -2.27. The first-order chi connectivity index (χ1) is 9.67. The number of rotatable bonds is 3. The summed E-state index contributed by atoms with van der Waals surface area (Å²) in [6.45, 7) is 12.1. The van der Waals surface area contributed by atoms with Crippen LogP contribution < -0.4 is 0 Å². The molecule has 0 unspecified atom stereocenters. The monoisotopic (exact) mass is 302 g/mol. The van der Waals surface area contributed by atoms with Crippen LogP contribution in [0, 0.1) is 0 Å². The molecular weight excluding hydrogens is 276 g/mol. The lowest BCUT2D eigenvalue weighted by Crippen LogP contribution is -2.40. The molecule has 3 heterocycles. The van der Waals surface area contributed by atoms with Crippen molar-refractivity contribution in [2.24, 2.45) is 0 Å². The predicted octanol–water partition coefficient (Wildman–Crippen LogP) is 1.81. The molecule has 0 aromatic carbocycles. The summed E-state index contributed by atoms with van der Waals surface area (Å²) < 4.78 is 35.4. The van der Waals surface area contributed by atoms with Gasteiger partial charge in [-0.25, -0.2) is 0 Å². The highest BCUT2D eigenvalue weighted by Gasteiger charge is 2.59. The van der Waals surface area contributed by atoms with Crippen LogP contribution in [0.3, 0.4) is 0 Å². The zero-order valence-corrected chi connectivity index (χ0v) is 13.6. The van der Waals surface area contributed by atoms with Crippen molar-refractivity contribution in [2.75, 3.05) is 6.61 Å². The fourth-order valence-electron chi connectivity index (χ4n) is 3.15. The van der Waals surface area contributed by atoms with Crippen molar-refractivity contribution >= 4 is 0 Å². The first-order valence-corrected chi connectivity index (χ1v) is 7.65. The van der Waals surface area contributed by atoms with Crippen LogP contribution in [0.1, 0.15) is 41.5 Å². The molecule has 0 N–H and O–H groups in total. The van der Waals surface area contributed by atoms with Gasteiger partial charge < -0.3 is 28.4 Å². The maximum atomic E-state index is 6.03. The fraction of sp³-hybridized carbons (Fsp3) is 1.00. The third kappa shape index (κ3) is 3.11. The van der Waals surface area contributed by atoms with Gasteiger partial charge in [0.15, 0.2) is 17.9 Å². The van der Waals surface area contributed by atoms with Crippen molar-refractivity contribution < 1.29 is 28.4 Å². The van der Waals surface area contributed by atoms with Gasteiger partial charge in [-0.2, -0.15) is 0 Å². The molecule has 5 atom stereocenters. The van der Waals surface area contributed by atoms with Crippen molar-refractivity contribution in [3.05, 3.63) is 0 Å². The average molecular weight is 302 g/mol. The molecule has 122 valence electrons. The quantitative estimate of drug-likeness (QED) is 0.792. The van der Waals surface area contributed by atoms with Gasteiger partial charge in [0, 0.05) is 0 Å². The minimum atomic E-state index is -0.634. The Bertz CT molecular complexity index is 394. The molecule has 3 aliphatic rings. The van der Waals surface area contributed by atoms with Gasteiger partial charge in [0.2, 0.25) is 0 Å². The van der Waals surface area contributed by atoms with E-state index in [-0.39, 0.29) is 30.5 Å². The van der Waals surface area contributed by atoms with Crippen LogP contribution in [0.25, 0.3) is 0 Å². The molecular formula is C15H26O6. The highest BCUT2D eigenvalue weighted by molar-refractivity contribution is 4.99. The van der Waals surface area contributed by atoms with Gasteiger partial charge in [0.25, 0.3) is 0 Å². The molecule has 21 heavy (non-hydrogen) atoms. The van der Waals surface area contributed by atoms with Crippen molar-refractivity contribution in [1.29, 1.82) is 0 Å². The minimum absolute atomic E-state index is 0.0545. The highest BCUT2D eigenvalue weighted by Crippen LogP contribution is 2.42. The van der Waals surface area contributed by atoms with E-state index < -0.39 is 17.9 Å². The third-order valence-electron chi connectivity index (χ3n) is 3.85. The number of ether oxygens (including phenoxy) is 6. The molecule has 6 nitrogen and oxygen atoms in total. The smallest absolute Gasteiger partial charge is 0.187 e. The largest absolute Gasteiger partial charge is 0.348 e. The van der Waals surface area contributed by atoms with Crippen molar-refractivity contribution in [3.63, 3.8) is 0 Å². The molecule has 0 spiro atoms. The second kappa shape index (κ2) is 5.15. The number of fused-ring (bicyclic) bond motifs is 1. The van der Waals surface area contributed by atoms with E-state index in [1.807, 2.05) is 41.5 Å². The second-order valence-corrected chi connectivity index (χ2v) is 7.09. The SMILES string of the molecule is CC(C)O[C@H]1O[C@H]([C@@H]2COC(C)(C)O2)[C@@H]2OC(C)(C)O[C@H]12. The van der Waals surface area contributed by atoms with Crippen molar-refractivity contribution in [3.8, 4) is 0 Å². The molecule has 0 aliphatic carbocycles. The Kier molecular flexibility index (Phi) is 3.83. The number of hydrogen-bond donors (Lipinski definition) is 0. The van der Waals surface area contributed by atoms with Gasteiger partial charge in [-0.1, -0.05) is 0 Å². The number of hydrogen-bond acceptors (Lipinski definition) is 6. The van der Waals surface area contributed by atoms with Crippen LogP contribution in [0.15, 0.2) is 0 Å². The Morgan fingerprint density at radius 3 is 2.14 bits per heavy atom. The molecule has 0 aromatic rings. The van der Waals surface area contributed by atoms with Gasteiger partial charge in [-0.05, 0) is 41.5 Å². The summed E-state index contributed by atoms with van der Waals surface area (Å²) in [6.07, 6.45) is -1.24. The van der Waals surface area contributed by atoms with Gasteiger partial charge >= 0.3 is 0 Å². The summed E-state index contributed by atoms with van der Waals surface area (Å²) in [7, 11) is 0. The van der Waals surface area contributed by atoms with Crippen LogP contribution in [-0.4, -0.2) is 55.0 Å². The summed E-state index contributed by atoms with van der Waals surface area (Å²) in [6, 6.07) is 0. The van der Waals surface area contributed by atoms with Crippen LogP contribution in [-0.2, 0) is 28.4 Å². The molecule has 0 amide bonds. The minimum Gasteiger partial charge on any atom is -0.348 e. The van der Waals surface area contributed by atoms with Gasteiger partial charge in [-0.15, -0.1) is 0 Å². The second-order valence-electron chi connectivity index (χ2n) is 7.09. The standard InChI is InChI=1S/C15H26O6/c1-8(2)17-13-12-11(20-15(5,6)21-12)10(18-13)9-7-16-14(3,4)19-9/h8-13H,7H2,1-6H3/t9-,10+,11-,12-,13-/m0/s1. The first-order valence-electron chi connectivity index (χ1n) is 7.65. The summed E-state index contributed by atoms with van der Waals surface area (Å²) in [5.41, 5.74) is 0. The molecule has 0 bridgehead atoms. The van der Waals surface area contributed by atoms with Crippen LogP contribution >= 0.6 is 0 Å². The topological polar surface area (TPSA) is 55.4 Å². The molecule has 0 aromatic heterocycles. The zero-order chi connectivity index (χ0) is 15.4. The van der Waals surface area contributed by atoms with E-state index in [9.17, 15) is 0 Å². The Morgan fingerprint density at radius 1 is 0.905 bits per heavy atom. The summed E-state index contributed by atoms with van der Waals surface area (Å²) in [5.74, 6) is -1.22. The van der Waals surface area contributed by atoms with Gasteiger partial charge in [-0.3, -0.25) is 0 Å². The van der Waals surface area contributed by atoms with Crippen LogP contribution in [0.4, 0.5) is 0 Å². The van der Waals surface area contributed by atoms with E-state index in [4.69, 9.17) is 28.4 Å². The van der Waals surface area contributed by atoms with Crippen LogP contribution in [0.2, 0.25) is 0 Å². The third-order valence-corrected chi connectivity index (χ3v) is 3.85. The Morgan fingerprint density at radius 2 is 1.57 bits per heavy atom. The van der Waals surface area contributed by atoms with Gasteiger partial charge in [0.05, 0.1) is 12.7 Å². The Labute approximate surface area is 126 Å². The highest BCUT2D eigenvalue weighted by atomic mass is 16.8. The van der Waals surface area contributed by atoms with Crippen molar-refractivity contribution in [1.82, 2.24) is 0 Å². The lowest BCUT2D eigenvalue weighted by atomic mass is 10.1.